The lowest BCUT2D eigenvalue weighted by Gasteiger charge is -2.28. The first-order valence-corrected chi connectivity index (χ1v) is 7.86. The summed E-state index contributed by atoms with van der Waals surface area (Å²) in [6, 6.07) is 5.84. The van der Waals surface area contributed by atoms with Crippen molar-refractivity contribution in [1.82, 2.24) is 5.32 Å². The van der Waals surface area contributed by atoms with Crippen molar-refractivity contribution in [3.63, 3.8) is 0 Å². The molecule has 98 valence electrons. The molecule has 0 amide bonds. The third kappa shape index (κ3) is 2.06. The van der Waals surface area contributed by atoms with Crippen LogP contribution in [0.2, 0.25) is 0 Å². The molecule has 2 aliphatic heterocycles. The Bertz CT molecular complexity index is 529. The van der Waals surface area contributed by atoms with Gasteiger partial charge in [-0.2, -0.15) is 0 Å². The second-order valence-electron chi connectivity index (χ2n) is 5.23. The molecule has 0 aliphatic carbocycles. The fourth-order valence-electron chi connectivity index (χ4n) is 3.08. The highest BCUT2D eigenvalue weighted by atomic mass is 32.2. The van der Waals surface area contributed by atoms with Crippen LogP contribution >= 0.6 is 0 Å². The Morgan fingerprint density at radius 3 is 2.17 bits per heavy atom. The first kappa shape index (κ1) is 12.1. The molecule has 1 N–H and O–H groups in total. The molecule has 2 unspecified atom stereocenters. The normalized spacial score (nSPS) is 31.5. The number of rotatable bonds is 2. The summed E-state index contributed by atoms with van der Waals surface area (Å²) in [5.41, 5.74) is 0. The summed E-state index contributed by atoms with van der Waals surface area (Å²) in [7, 11) is -3.31. The van der Waals surface area contributed by atoms with E-state index in [1.54, 1.807) is 0 Å². The maximum atomic E-state index is 12.8. The molecular formula is C13H16FNO2S. The van der Waals surface area contributed by atoms with Crippen molar-refractivity contribution in [2.24, 2.45) is 0 Å². The number of hydrogen-bond donors (Lipinski definition) is 1. The van der Waals surface area contributed by atoms with Crippen molar-refractivity contribution in [3.8, 4) is 0 Å². The van der Waals surface area contributed by atoms with Gasteiger partial charge in [0, 0.05) is 12.1 Å². The van der Waals surface area contributed by atoms with Gasteiger partial charge in [-0.1, -0.05) is 0 Å². The fourth-order valence-corrected chi connectivity index (χ4v) is 4.95. The summed E-state index contributed by atoms with van der Waals surface area (Å²) >= 11 is 0. The molecule has 2 atom stereocenters. The lowest BCUT2D eigenvalue weighted by molar-refractivity contribution is 0.401. The van der Waals surface area contributed by atoms with Gasteiger partial charge in [0.2, 0.25) is 0 Å². The van der Waals surface area contributed by atoms with Crippen LogP contribution < -0.4 is 5.32 Å². The van der Waals surface area contributed by atoms with Crippen molar-refractivity contribution in [2.75, 3.05) is 0 Å². The highest BCUT2D eigenvalue weighted by Crippen LogP contribution is 2.33. The smallest absolute Gasteiger partial charge is 0.181 e. The molecule has 5 heteroatoms. The highest BCUT2D eigenvalue weighted by molar-refractivity contribution is 7.92. The summed E-state index contributed by atoms with van der Waals surface area (Å²) in [6.45, 7) is 0. The third-order valence-electron chi connectivity index (χ3n) is 4.01. The first-order chi connectivity index (χ1) is 8.55. The average Bonchev–Trinajstić information content (AvgIpc) is 2.68. The van der Waals surface area contributed by atoms with Crippen LogP contribution in [0.25, 0.3) is 0 Å². The van der Waals surface area contributed by atoms with Crippen LogP contribution in [0.15, 0.2) is 29.2 Å². The zero-order chi connectivity index (χ0) is 12.8. The Morgan fingerprint density at radius 2 is 1.61 bits per heavy atom. The third-order valence-corrected chi connectivity index (χ3v) is 6.20. The topological polar surface area (TPSA) is 46.2 Å². The second kappa shape index (κ2) is 4.31. The van der Waals surface area contributed by atoms with Crippen LogP contribution in [0.3, 0.4) is 0 Å². The summed E-state index contributed by atoms with van der Waals surface area (Å²) < 4.78 is 37.8. The maximum absolute atomic E-state index is 12.8. The number of halogens is 1. The molecule has 2 heterocycles. The van der Waals surface area contributed by atoms with Crippen molar-refractivity contribution >= 4 is 9.84 Å². The molecule has 2 bridgehead atoms. The Labute approximate surface area is 106 Å². The number of nitrogens with one attached hydrogen (secondary N) is 1. The monoisotopic (exact) mass is 269 g/mol. The van der Waals surface area contributed by atoms with E-state index in [1.807, 2.05) is 0 Å². The van der Waals surface area contributed by atoms with Gasteiger partial charge < -0.3 is 5.32 Å². The van der Waals surface area contributed by atoms with Crippen molar-refractivity contribution < 1.29 is 12.8 Å². The van der Waals surface area contributed by atoms with Gasteiger partial charge in [-0.15, -0.1) is 0 Å². The zero-order valence-electron chi connectivity index (χ0n) is 9.97. The maximum Gasteiger partial charge on any atom is 0.181 e. The number of piperidine rings is 1. The summed E-state index contributed by atoms with van der Waals surface area (Å²) in [6.07, 6.45) is 3.49. The molecule has 0 saturated carbocycles. The van der Waals surface area contributed by atoms with E-state index < -0.39 is 15.7 Å². The Hall–Kier alpha value is -0.940. The van der Waals surface area contributed by atoms with E-state index in [2.05, 4.69) is 5.32 Å². The average molecular weight is 269 g/mol. The minimum atomic E-state index is -3.31. The van der Waals surface area contributed by atoms with Gasteiger partial charge in [0.25, 0.3) is 0 Å². The van der Waals surface area contributed by atoms with Gasteiger partial charge in [0.05, 0.1) is 10.1 Å². The predicted molar refractivity (Wildman–Crippen MR) is 66.6 cm³/mol. The standard InChI is InChI=1S/C13H16FNO2S/c14-9-1-5-12(6-2-9)18(16,17)13-7-10-3-4-11(8-13)15-10/h1-2,5-6,10-11,13,15H,3-4,7-8H2. The summed E-state index contributed by atoms with van der Waals surface area (Å²) in [4.78, 5) is 0.246. The second-order valence-corrected chi connectivity index (χ2v) is 7.46. The van der Waals surface area contributed by atoms with E-state index in [0.29, 0.717) is 24.9 Å². The predicted octanol–water partition coefficient (Wildman–Crippen LogP) is 1.88. The quantitative estimate of drug-likeness (QED) is 0.834. The van der Waals surface area contributed by atoms with E-state index in [-0.39, 0.29) is 10.1 Å². The molecule has 1 aromatic carbocycles. The van der Waals surface area contributed by atoms with Gasteiger partial charge in [-0.3, -0.25) is 0 Å². The highest BCUT2D eigenvalue weighted by Gasteiger charge is 2.40. The van der Waals surface area contributed by atoms with Crippen molar-refractivity contribution in [2.45, 2.75) is 47.9 Å². The van der Waals surface area contributed by atoms with Gasteiger partial charge in [0.15, 0.2) is 9.84 Å². The molecular weight excluding hydrogens is 253 g/mol. The molecule has 3 nitrogen and oxygen atoms in total. The van der Waals surface area contributed by atoms with Gasteiger partial charge in [-0.05, 0) is 49.9 Å². The molecule has 2 aliphatic rings. The minimum Gasteiger partial charge on any atom is -0.311 e. The van der Waals surface area contributed by atoms with Crippen LogP contribution in [0, 0.1) is 5.82 Å². The molecule has 18 heavy (non-hydrogen) atoms. The van der Waals surface area contributed by atoms with E-state index in [1.165, 1.54) is 24.3 Å². The lowest BCUT2D eigenvalue weighted by atomic mass is 10.1. The van der Waals surface area contributed by atoms with E-state index in [0.717, 1.165) is 12.8 Å². The van der Waals surface area contributed by atoms with Gasteiger partial charge in [-0.25, -0.2) is 12.8 Å². The van der Waals surface area contributed by atoms with E-state index in [9.17, 15) is 12.8 Å². The SMILES string of the molecule is O=S(=O)(c1ccc(F)cc1)C1CC2CCC(C1)N2. The van der Waals surface area contributed by atoms with Crippen LogP contribution in [0.4, 0.5) is 4.39 Å². The van der Waals surface area contributed by atoms with Gasteiger partial charge in [0.1, 0.15) is 5.82 Å². The molecule has 1 aromatic rings. The summed E-state index contributed by atoms with van der Waals surface area (Å²) in [5.74, 6) is -0.403. The molecule has 0 radical (unpaired) electrons. The number of sulfone groups is 1. The van der Waals surface area contributed by atoms with Crippen molar-refractivity contribution in [1.29, 1.82) is 0 Å². The largest absolute Gasteiger partial charge is 0.311 e. The summed E-state index contributed by atoms with van der Waals surface area (Å²) in [5, 5.41) is 3.11. The molecule has 0 aromatic heterocycles. The lowest BCUT2D eigenvalue weighted by Crippen LogP contribution is -2.43. The molecule has 2 fully saturated rings. The number of hydrogen-bond acceptors (Lipinski definition) is 3. The van der Waals surface area contributed by atoms with Gasteiger partial charge >= 0.3 is 0 Å². The fraction of sp³-hybridized carbons (Fsp3) is 0.538. The number of benzene rings is 1. The van der Waals surface area contributed by atoms with Crippen LogP contribution in [-0.4, -0.2) is 25.8 Å². The first-order valence-electron chi connectivity index (χ1n) is 6.31. The van der Waals surface area contributed by atoms with Crippen LogP contribution in [0.1, 0.15) is 25.7 Å². The number of fused-ring (bicyclic) bond motifs is 2. The Morgan fingerprint density at radius 1 is 1.06 bits per heavy atom. The molecule has 3 rings (SSSR count). The van der Waals surface area contributed by atoms with Crippen LogP contribution in [0.5, 0.6) is 0 Å². The van der Waals surface area contributed by atoms with E-state index in [4.69, 9.17) is 0 Å². The zero-order valence-corrected chi connectivity index (χ0v) is 10.8. The molecule has 0 spiro atoms. The molecule has 2 saturated heterocycles. The van der Waals surface area contributed by atoms with Crippen molar-refractivity contribution in [3.05, 3.63) is 30.1 Å². The minimum absolute atomic E-state index is 0.246. The Balaban J connectivity index is 1.88. The van der Waals surface area contributed by atoms with E-state index >= 15 is 0 Å². The Kier molecular flexibility index (Phi) is 2.90. The van der Waals surface area contributed by atoms with Crippen LogP contribution in [-0.2, 0) is 9.84 Å².